The van der Waals surface area contributed by atoms with Crippen molar-refractivity contribution in [2.24, 2.45) is 0 Å². The van der Waals surface area contributed by atoms with Crippen LogP contribution in [0, 0.1) is 0 Å². The number of aromatic nitrogens is 2. The van der Waals surface area contributed by atoms with Crippen molar-refractivity contribution in [1.29, 1.82) is 0 Å². The maximum absolute atomic E-state index is 11.8. The van der Waals surface area contributed by atoms with Gasteiger partial charge in [-0.3, -0.25) is 0 Å². The van der Waals surface area contributed by atoms with Crippen molar-refractivity contribution < 1.29 is 18.7 Å². The van der Waals surface area contributed by atoms with Gasteiger partial charge in [-0.25, -0.2) is 4.79 Å². The first-order valence-electron chi connectivity index (χ1n) is 6.66. The summed E-state index contributed by atoms with van der Waals surface area (Å²) in [6, 6.07) is 13.9. The first kappa shape index (κ1) is 15.2. The summed E-state index contributed by atoms with van der Waals surface area (Å²) in [7, 11) is 0. The molecule has 0 saturated carbocycles. The standard InChI is InChI=1S/C16H11BrN2O4/c17-12-3-7-13(8-4-12)21-9-15(20)23-14-5-1-11(2-6-14)16-19-18-10-22-16/h1-8,10H,9H2. The Morgan fingerprint density at radius 2 is 1.74 bits per heavy atom. The maximum Gasteiger partial charge on any atom is 0.349 e. The molecule has 2 aromatic carbocycles. The number of carbonyl (C=O) groups excluding carboxylic acids is 1. The van der Waals surface area contributed by atoms with Crippen molar-refractivity contribution >= 4 is 21.9 Å². The third kappa shape index (κ3) is 4.17. The molecule has 23 heavy (non-hydrogen) atoms. The third-order valence-corrected chi connectivity index (χ3v) is 3.39. The van der Waals surface area contributed by atoms with Gasteiger partial charge < -0.3 is 13.9 Å². The predicted molar refractivity (Wildman–Crippen MR) is 85.0 cm³/mol. The molecule has 0 amide bonds. The average molecular weight is 375 g/mol. The molecule has 3 aromatic rings. The van der Waals surface area contributed by atoms with Crippen LogP contribution in [-0.4, -0.2) is 22.8 Å². The van der Waals surface area contributed by atoms with E-state index < -0.39 is 5.97 Å². The Hall–Kier alpha value is -2.67. The highest BCUT2D eigenvalue weighted by atomic mass is 79.9. The molecule has 0 aliphatic heterocycles. The van der Waals surface area contributed by atoms with Gasteiger partial charge in [0.25, 0.3) is 0 Å². The Kier molecular flexibility index (Phi) is 4.68. The Morgan fingerprint density at radius 1 is 1.04 bits per heavy atom. The van der Waals surface area contributed by atoms with Gasteiger partial charge in [-0.05, 0) is 48.5 Å². The van der Waals surface area contributed by atoms with E-state index >= 15 is 0 Å². The minimum absolute atomic E-state index is 0.174. The number of rotatable bonds is 5. The fourth-order valence-corrected chi connectivity index (χ4v) is 2.06. The number of ether oxygens (including phenoxy) is 2. The summed E-state index contributed by atoms with van der Waals surface area (Å²) in [5.41, 5.74) is 0.744. The summed E-state index contributed by atoms with van der Waals surface area (Å²) >= 11 is 3.33. The molecule has 0 spiro atoms. The van der Waals surface area contributed by atoms with E-state index in [9.17, 15) is 4.79 Å². The fraction of sp³-hybridized carbons (Fsp3) is 0.0625. The van der Waals surface area contributed by atoms with Crippen molar-refractivity contribution in [3.63, 3.8) is 0 Å². The van der Waals surface area contributed by atoms with Gasteiger partial charge in [0, 0.05) is 10.0 Å². The first-order valence-corrected chi connectivity index (χ1v) is 7.46. The molecule has 0 fully saturated rings. The van der Waals surface area contributed by atoms with Gasteiger partial charge in [0.1, 0.15) is 11.5 Å². The molecular formula is C16H11BrN2O4. The molecule has 116 valence electrons. The van der Waals surface area contributed by atoms with Crippen LogP contribution >= 0.6 is 15.9 Å². The largest absolute Gasteiger partial charge is 0.482 e. The van der Waals surface area contributed by atoms with E-state index in [1.165, 1.54) is 6.39 Å². The molecule has 6 nitrogen and oxygen atoms in total. The highest BCUT2D eigenvalue weighted by Crippen LogP contribution is 2.20. The monoisotopic (exact) mass is 374 g/mol. The number of benzene rings is 2. The number of esters is 1. The summed E-state index contributed by atoms with van der Waals surface area (Å²) in [6.07, 6.45) is 1.25. The average Bonchev–Trinajstić information content (AvgIpc) is 3.09. The van der Waals surface area contributed by atoms with Crippen LogP contribution in [0.2, 0.25) is 0 Å². The van der Waals surface area contributed by atoms with E-state index in [1.54, 1.807) is 36.4 Å². The Morgan fingerprint density at radius 3 is 2.39 bits per heavy atom. The van der Waals surface area contributed by atoms with Crippen LogP contribution in [-0.2, 0) is 4.79 Å². The highest BCUT2D eigenvalue weighted by Gasteiger charge is 2.08. The number of halogens is 1. The molecule has 3 rings (SSSR count). The summed E-state index contributed by atoms with van der Waals surface area (Å²) < 4.78 is 16.6. The van der Waals surface area contributed by atoms with Crippen LogP contribution in [0.4, 0.5) is 0 Å². The number of carbonyl (C=O) groups is 1. The maximum atomic E-state index is 11.8. The molecule has 0 atom stereocenters. The zero-order valence-electron chi connectivity index (χ0n) is 11.8. The SMILES string of the molecule is O=C(COc1ccc(Br)cc1)Oc1ccc(-c2nnco2)cc1. The van der Waals surface area contributed by atoms with Crippen LogP contribution < -0.4 is 9.47 Å². The number of hydrogen-bond acceptors (Lipinski definition) is 6. The summed E-state index contributed by atoms with van der Waals surface area (Å²) in [5, 5.41) is 7.40. The number of hydrogen-bond donors (Lipinski definition) is 0. The van der Waals surface area contributed by atoms with E-state index in [0.717, 1.165) is 10.0 Å². The van der Waals surface area contributed by atoms with Gasteiger partial charge >= 0.3 is 5.97 Å². The molecule has 0 bridgehead atoms. The second-order valence-corrected chi connectivity index (χ2v) is 5.40. The second-order valence-electron chi connectivity index (χ2n) is 4.48. The molecule has 0 aliphatic rings. The van der Waals surface area contributed by atoms with Crippen LogP contribution in [0.5, 0.6) is 11.5 Å². The Bertz CT molecular complexity index is 771. The van der Waals surface area contributed by atoms with Crippen molar-refractivity contribution in [3.8, 4) is 23.0 Å². The normalized spacial score (nSPS) is 10.3. The van der Waals surface area contributed by atoms with E-state index in [0.29, 0.717) is 17.4 Å². The Balaban J connectivity index is 1.54. The highest BCUT2D eigenvalue weighted by molar-refractivity contribution is 9.10. The van der Waals surface area contributed by atoms with Crippen LogP contribution in [0.25, 0.3) is 11.5 Å². The minimum Gasteiger partial charge on any atom is -0.482 e. The van der Waals surface area contributed by atoms with Crippen LogP contribution in [0.15, 0.2) is 63.8 Å². The summed E-state index contributed by atoms with van der Waals surface area (Å²) in [4.78, 5) is 11.8. The Labute approximate surface area is 140 Å². The van der Waals surface area contributed by atoms with E-state index in [2.05, 4.69) is 26.1 Å². The molecule has 0 unspecified atom stereocenters. The fourth-order valence-electron chi connectivity index (χ4n) is 1.80. The first-order chi connectivity index (χ1) is 11.2. The second kappa shape index (κ2) is 7.06. The predicted octanol–water partition coefficient (Wildman–Crippen LogP) is 3.48. The lowest BCUT2D eigenvalue weighted by molar-refractivity contribution is -0.136. The van der Waals surface area contributed by atoms with Gasteiger partial charge in [0.05, 0.1) is 0 Å². The van der Waals surface area contributed by atoms with Crippen LogP contribution in [0.3, 0.4) is 0 Å². The zero-order chi connectivity index (χ0) is 16.1. The molecule has 7 heteroatoms. The van der Waals surface area contributed by atoms with E-state index in [-0.39, 0.29) is 6.61 Å². The lowest BCUT2D eigenvalue weighted by Crippen LogP contribution is -2.17. The smallest absolute Gasteiger partial charge is 0.349 e. The molecule has 0 radical (unpaired) electrons. The topological polar surface area (TPSA) is 74.5 Å². The molecule has 0 aliphatic carbocycles. The lowest BCUT2D eigenvalue weighted by atomic mass is 10.2. The molecular weight excluding hydrogens is 364 g/mol. The number of nitrogens with zero attached hydrogens (tertiary/aromatic N) is 2. The van der Waals surface area contributed by atoms with E-state index in [4.69, 9.17) is 13.9 Å². The zero-order valence-corrected chi connectivity index (χ0v) is 13.4. The van der Waals surface area contributed by atoms with Crippen LogP contribution in [0.1, 0.15) is 0 Å². The van der Waals surface area contributed by atoms with Gasteiger partial charge in [-0.2, -0.15) is 0 Å². The van der Waals surface area contributed by atoms with Crippen molar-refractivity contribution in [2.45, 2.75) is 0 Å². The van der Waals surface area contributed by atoms with Gasteiger partial charge in [-0.1, -0.05) is 15.9 Å². The molecule has 0 N–H and O–H groups in total. The molecule has 1 aromatic heterocycles. The molecule has 0 saturated heterocycles. The van der Waals surface area contributed by atoms with Crippen molar-refractivity contribution in [1.82, 2.24) is 10.2 Å². The van der Waals surface area contributed by atoms with Gasteiger partial charge in [0.15, 0.2) is 6.61 Å². The van der Waals surface area contributed by atoms with Crippen molar-refractivity contribution in [3.05, 3.63) is 59.4 Å². The third-order valence-electron chi connectivity index (χ3n) is 2.86. The van der Waals surface area contributed by atoms with E-state index in [1.807, 2.05) is 12.1 Å². The quantitative estimate of drug-likeness (QED) is 0.502. The minimum atomic E-state index is -0.488. The summed E-state index contributed by atoms with van der Waals surface area (Å²) in [6.45, 7) is -0.174. The molecule has 1 heterocycles. The summed E-state index contributed by atoms with van der Waals surface area (Å²) in [5.74, 6) is 0.925. The van der Waals surface area contributed by atoms with Gasteiger partial charge in [-0.15, -0.1) is 10.2 Å². The van der Waals surface area contributed by atoms with Crippen molar-refractivity contribution in [2.75, 3.05) is 6.61 Å². The van der Waals surface area contributed by atoms with Gasteiger partial charge in [0.2, 0.25) is 12.3 Å². The lowest BCUT2D eigenvalue weighted by Gasteiger charge is -2.07.